The molecule has 1 aromatic carbocycles. The number of carboxylic acid groups (broad SMARTS) is 1. The number of halogens is 3. The van der Waals surface area contributed by atoms with Gasteiger partial charge in [0.1, 0.15) is 0 Å². The summed E-state index contributed by atoms with van der Waals surface area (Å²) in [6.45, 7) is 0.271. The van der Waals surface area contributed by atoms with Crippen LogP contribution in [0.4, 0.5) is 18.9 Å². The van der Waals surface area contributed by atoms with Gasteiger partial charge in [-0.15, -0.1) is 0 Å². The van der Waals surface area contributed by atoms with Crippen LogP contribution in [0.25, 0.3) is 10.1 Å². The first-order valence-electron chi connectivity index (χ1n) is 7.39. The number of benzene rings is 1. The fourth-order valence-electron chi connectivity index (χ4n) is 3.03. The molecule has 1 saturated heterocycles. The van der Waals surface area contributed by atoms with Gasteiger partial charge in [-0.25, -0.2) is 4.79 Å². The van der Waals surface area contributed by atoms with Crippen molar-refractivity contribution in [3.63, 3.8) is 0 Å². The van der Waals surface area contributed by atoms with Gasteiger partial charge in [0.25, 0.3) is 0 Å². The van der Waals surface area contributed by atoms with Gasteiger partial charge in [-0.1, -0.05) is 0 Å². The largest absolute Gasteiger partial charge is 0.476 e. The van der Waals surface area contributed by atoms with Gasteiger partial charge in [0.15, 0.2) is 5.69 Å². The lowest BCUT2D eigenvalue weighted by molar-refractivity contribution is -0.146. The van der Waals surface area contributed by atoms with E-state index in [-0.39, 0.29) is 11.7 Å². The summed E-state index contributed by atoms with van der Waals surface area (Å²) < 4.78 is 42.2. The molecule has 1 aromatic heterocycles. The van der Waals surface area contributed by atoms with Crippen molar-refractivity contribution >= 4 is 33.3 Å². The third-order valence-corrected chi connectivity index (χ3v) is 5.05. The van der Waals surface area contributed by atoms with E-state index in [4.69, 9.17) is 5.11 Å². The van der Waals surface area contributed by atoms with Crippen LogP contribution in [0.15, 0.2) is 18.2 Å². The van der Waals surface area contributed by atoms with E-state index >= 15 is 0 Å². The van der Waals surface area contributed by atoms with Crippen LogP contribution < -0.4 is 4.90 Å². The molecule has 24 heavy (non-hydrogen) atoms. The molecule has 1 atom stereocenters. The molecule has 0 spiro atoms. The second-order valence-electron chi connectivity index (χ2n) is 5.94. The number of alkyl halides is 3. The van der Waals surface area contributed by atoms with E-state index in [0.29, 0.717) is 24.9 Å². The number of aromatic nitrogens is 1. The predicted octanol–water partition coefficient (Wildman–Crippen LogP) is 3.07. The fraction of sp³-hybridized carbons (Fsp3) is 0.467. The topological polar surface area (TPSA) is 56.7 Å². The molecule has 0 saturated carbocycles. The van der Waals surface area contributed by atoms with Crippen molar-refractivity contribution in [3.05, 3.63) is 23.9 Å². The van der Waals surface area contributed by atoms with Crippen molar-refractivity contribution in [3.8, 4) is 0 Å². The fourth-order valence-corrected chi connectivity index (χ4v) is 3.83. The number of aromatic carboxylic acids is 1. The predicted molar refractivity (Wildman–Crippen MR) is 85.9 cm³/mol. The molecule has 2 heterocycles. The first kappa shape index (κ1) is 17.0. The quantitative estimate of drug-likeness (QED) is 0.909. The Morgan fingerprint density at radius 2 is 2.25 bits per heavy atom. The Morgan fingerprint density at radius 1 is 1.50 bits per heavy atom. The zero-order valence-electron chi connectivity index (χ0n) is 12.9. The van der Waals surface area contributed by atoms with Crippen LogP contribution >= 0.6 is 11.5 Å². The van der Waals surface area contributed by atoms with Crippen molar-refractivity contribution in [1.29, 1.82) is 0 Å². The minimum atomic E-state index is -4.20. The number of rotatable bonds is 4. The van der Waals surface area contributed by atoms with Gasteiger partial charge in [0.05, 0.1) is 11.2 Å². The molecule has 130 valence electrons. The van der Waals surface area contributed by atoms with E-state index in [1.54, 1.807) is 12.1 Å². The first-order valence-corrected chi connectivity index (χ1v) is 8.16. The van der Waals surface area contributed by atoms with E-state index < -0.39 is 18.7 Å². The lowest BCUT2D eigenvalue weighted by Gasteiger charge is -2.26. The van der Waals surface area contributed by atoms with Gasteiger partial charge < -0.3 is 10.0 Å². The number of likely N-dealkylation sites (N-methyl/N-ethyl adjacent to an activating group) is 1. The summed E-state index contributed by atoms with van der Waals surface area (Å²) in [5, 5.41) is 9.66. The highest BCUT2D eigenvalue weighted by molar-refractivity contribution is 7.13. The molecule has 0 aliphatic carbocycles. The second kappa shape index (κ2) is 6.21. The van der Waals surface area contributed by atoms with Gasteiger partial charge in [0, 0.05) is 30.2 Å². The molecule has 2 aromatic rings. The number of anilines is 1. The second-order valence-corrected chi connectivity index (χ2v) is 6.74. The van der Waals surface area contributed by atoms with Gasteiger partial charge in [-0.2, -0.15) is 17.5 Å². The van der Waals surface area contributed by atoms with E-state index in [2.05, 4.69) is 4.37 Å². The number of carboxylic acids is 1. The van der Waals surface area contributed by atoms with Gasteiger partial charge in [-0.05, 0) is 43.2 Å². The molecular weight excluding hydrogens is 343 g/mol. The van der Waals surface area contributed by atoms with Crippen LogP contribution in [0.1, 0.15) is 16.9 Å². The molecule has 5 nitrogen and oxygen atoms in total. The maximum absolute atomic E-state index is 12.5. The summed E-state index contributed by atoms with van der Waals surface area (Å²) in [6.07, 6.45) is -3.54. The Hall–Kier alpha value is -1.87. The molecule has 0 bridgehead atoms. The minimum absolute atomic E-state index is 0.0331. The number of carbonyl (C=O) groups is 1. The molecule has 1 fully saturated rings. The molecule has 0 amide bonds. The summed E-state index contributed by atoms with van der Waals surface area (Å²) >= 11 is 1.11. The lowest BCUT2D eigenvalue weighted by atomic mass is 10.2. The summed E-state index contributed by atoms with van der Waals surface area (Å²) in [6, 6.07) is 5.21. The molecule has 1 aliphatic heterocycles. The number of nitrogens with zero attached hydrogens (tertiary/aromatic N) is 3. The monoisotopic (exact) mass is 359 g/mol. The molecule has 9 heteroatoms. The van der Waals surface area contributed by atoms with Gasteiger partial charge >= 0.3 is 12.1 Å². The van der Waals surface area contributed by atoms with Crippen molar-refractivity contribution in [1.82, 2.24) is 9.27 Å². The Balaban J connectivity index is 1.74. The Kier molecular flexibility index (Phi) is 4.39. The van der Waals surface area contributed by atoms with Crippen LogP contribution in [0, 0.1) is 0 Å². The van der Waals surface area contributed by atoms with E-state index in [1.165, 1.54) is 11.9 Å². The Morgan fingerprint density at radius 3 is 2.92 bits per heavy atom. The SMILES string of the molecule is CN(CC(F)(F)F)C1CCN(c2ccc3c(C(=O)O)nsc3c2)C1. The average molecular weight is 359 g/mol. The number of hydrogen-bond acceptors (Lipinski definition) is 5. The van der Waals surface area contributed by atoms with Crippen molar-refractivity contribution < 1.29 is 23.1 Å². The standard InChI is InChI=1S/C15H16F3N3O2S/c1-20(8-15(16,17)18)10-4-5-21(7-10)9-2-3-11-12(6-9)24-19-13(11)14(22)23/h2-3,6,10H,4-5,7-8H2,1H3,(H,22,23). The van der Waals surface area contributed by atoms with Crippen LogP contribution in [-0.2, 0) is 0 Å². The summed E-state index contributed by atoms with van der Waals surface area (Å²) in [4.78, 5) is 14.5. The zero-order chi connectivity index (χ0) is 17.5. The molecule has 1 N–H and O–H groups in total. The van der Waals surface area contributed by atoms with Crippen LogP contribution in [0.3, 0.4) is 0 Å². The molecular formula is C15H16F3N3O2S. The van der Waals surface area contributed by atoms with Crippen molar-refractivity contribution in [2.75, 3.05) is 31.6 Å². The zero-order valence-corrected chi connectivity index (χ0v) is 13.7. The van der Waals surface area contributed by atoms with E-state index in [0.717, 1.165) is 21.9 Å². The van der Waals surface area contributed by atoms with Crippen LogP contribution in [0.5, 0.6) is 0 Å². The third kappa shape index (κ3) is 3.46. The molecule has 3 rings (SSSR count). The summed E-state index contributed by atoms with van der Waals surface area (Å²) in [5.41, 5.74) is 0.914. The molecule has 0 radical (unpaired) electrons. The average Bonchev–Trinajstić information content (AvgIpc) is 3.11. The highest BCUT2D eigenvalue weighted by Gasteiger charge is 2.34. The first-order chi connectivity index (χ1) is 11.2. The normalized spacial score (nSPS) is 18.7. The lowest BCUT2D eigenvalue weighted by Crippen LogP contribution is -2.40. The smallest absolute Gasteiger partial charge is 0.401 e. The highest BCUT2D eigenvalue weighted by Crippen LogP contribution is 2.30. The third-order valence-electron chi connectivity index (χ3n) is 4.24. The minimum Gasteiger partial charge on any atom is -0.476 e. The maximum Gasteiger partial charge on any atom is 0.401 e. The molecule has 1 aliphatic rings. The maximum atomic E-state index is 12.5. The summed E-state index contributed by atoms with van der Waals surface area (Å²) in [7, 11) is 1.49. The number of hydrogen-bond donors (Lipinski definition) is 1. The summed E-state index contributed by atoms with van der Waals surface area (Å²) in [5.74, 6) is -1.07. The Bertz CT molecular complexity index is 762. The van der Waals surface area contributed by atoms with Crippen LogP contribution in [0.2, 0.25) is 0 Å². The van der Waals surface area contributed by atoms with Crippen molar-refractivity contribution in [2.24, 2.45) is 0 Å². The Labute approximate surface area is 140 Å². The number of fused-ring (bicyclic) bond motifs is 1. The van der Waals surface area contributed by atoms with E-state index in [9.17, 15) is 18.0 Å². The highest BCUT2D eigenvalue weighted by atomic mass is 32.1. The van der Waals surface area contributed by atoms with Crippen LogP contribution in [-0.4, -0.2) is 59.2 Å². The molecule has 1 unspecified atom stereocenters. The van der Waals surface area contributed by atoms with Crippen molar-refractivity contribution in [2.45, 2.75) is 18.6 Å². The van der Waals surface area contributed by atoms with Gasteiger partial charge in [0.2, 0.25) is 0 Å². The van der Waals surface area contributed by atoms with Gasteiger partial charge in [-0.3, -0.25) is 4.90 Å². The van der Waals surface area contributed by atoms with E-state index in [1.807, 2.05) is 11.0 Å².